The van der Waals surface area contributed by atoms with E-state index in [9.17, 15) is 14.9 Å². The molecule has 0 aliphatic heterocycles. The van der Waals surface area contributed by atoms with E-state index < -0.39 is 4.92 Å². The molecule has 2 aromatic carbocycles. The second-order valence-electron chi connectivity index (χ2n) is 6.08. The number of carbonyl (C=O) groups is 1. The Labute approximate surface area is 176 Å². The minimum absolute atomic E-state index is 0.0371. The number of anilines is 1. The van der Waals surface area contributed by atoms with Crippen LogP contribution in [0.25, 0.3) is 11.4 Å². The molecule has 0 saturated carbocycles. The van der Waals surface area contributed by atoms with E-state index in [1.54, 1.807) is 13.2 Å². The Morgan fingerprint density at radius 3 is 2.73 bits per heavy atom. The maximum absolute atomic E-state index is 12.3. The average molecular weight is 425 g/mol. The maximum atomic E-state index is 12.3. The van der Waals surface area contributed by atoms with Gasteiger partial charge in [-0.2, -0.15) is 0 Å². The predicted molar refractivity (Wildman–Crippen MR) is 115 cm³/mol. The normalized spacial score (nSPS) is 10.4. The van der Waals surface area contributed by atoms with Crippen LogP contribution in [0.2, 0.25) is 0 Å². The van der Waals surface area contributed by atoms with Crippen molar-refractivity contribution in [2.75, 3.05) is 18.2 Å². The van der Waals surface area contributed by atoms with Crippen LogP contribution in [0.1, 0.15) is 0 Å². The third-order valence-electron chi connectivity index (χ3n) is 4.05. The summed E-state index contributed by atoms with van der Waals surface area (Å²) < 4.78 is 7.13. The van der Waals surface area contributed by atoms with E-state index >= 15 is 0 Å². The van der Waals surface area contributed by atoms with Crippen LogP contribution in [0, 0.1) is 10.1 Å². The molecular formula is C20H19N5O4S. The summed E-state index contributed by atoms with van der Waals surface area (Å²) in [5, 5.41) is 22.5. The van der Waals surface area contributed by atoms with Gasteiger partial charge in [-0.3, -0.25) is 19.5 Å². The number of allylic oxidation sites excluding steroid dienone is 1. The summed E-state index contributed by atoms with van der Waals surface area (Å²) in [4.78, 5) is 22.5. The minimum Gasteiger partial charge on any atom is -0.497 e. The van der Waals surface area contributed by atoms with Crippen molar-refractivity contribution in [3.8, 4) is 17.1 Å². The van der Waals surface area contributed by atoms with Gasteiger partial charge < -0.3 is 10.1 Å². The number of nitrogens with one attached hydrogen (secondary N) is 1. The number of amides is 1. The minimum atomic E-state index is -0.492. The van der Waals surface area contributed by atoms with E-state index in [2.05, 4.69) is 22.1 Å². The molecular weight excluding hydrogens is 406 g/mol. The third-order valence-corrected chi connectivity index (χ3v) is 5.02. The van der Waals surface area contributed by atoms with Crippen LogP contribution in [-0.2, 0) is 11.3 Å². The van der Waals surface area contributed by atoms with Gasteiger partial charge in [0.2, 0.25) is 5.91 Å². The van der Waals surface area contributed by atoms with Gasteiger partial charge in [-0.05, 0) is 24.3 Å². The maximum Gasteiger partial charge on any atom is 0.269 e. The molecule has 0 aliphatic rings. The number of non-ortho nitro benzene ring substituents is 1. The Morgan fingerprint density at radius 1 is 1.30 bits per heavy atom. The van der Waals surface area contributed by atoms with Gasteiger partial charge in [0, 0.05) is 29.9 Å². The Morgan fingerprint density at radius 2 is 2.07 bits per heavy atom. The number of methoxy groups -OCH3 is 1. The van der Waals surface area contributed by atoms with Gasteiger partial charge in [-0.15, -0.1) is 16.8 Å². The van der Waals surface area contributed by atoms with E-state index in [0.717, 1.165) is 5.56 Å². The average Bonchev–Trinajstić information content (AvgIpc) is 3.15. The lowest BCUT2D eigenvalue weighted by atomic mass is 10.2. The van der Waals surface area contributed by atoms with Crippen LogP contribution in [0.5, 0.6) is 5.75 Å². The fourth-order valence-electron chi connectivity index (χ4n) is 2.66. The van der Waals surface area contributed by atoms with Gasteiger partial charge in [0.1, 0.15) is 5.75 Å². The molecule has 0 unspecified atom stereocenters. The Balaban J connectivity index is 1.70. The molecule has 154 valence electrons. The molecule has 10 heteroatoms. The first-order valence-corrected chi connectivity index (χ1v) is 9.86. The summed E-state index contributed by atoms with van der Waals surface area (Å²) in [6, 6.07) is 13.1. The van der Waals surface area contributed by atoms with Crippen molar-refractivity contribution in [3.05, 3.63) is 71.3 Å². The summed E-state index contributed by atoms with van der Waals surface area (Å²) in [6.07, 6.45) is 1.73. The molecule has 3 rings (SSSR count). The highest BCUT2D eigenvalue weighted by Crippen LogP contribution is 2.27. The lowest BCUT2D eigenvalue weighted by Gasteiger charge is -2.09. The van der Waals surface area contributed by atoms with Crippen LogP contribution in [-0.4, -0.2) is 38.5 Å². The van der Waals surface area contributed by atoms with E-state index in [0.29, 0.717) is 29.0 Å². The van der Waals surface area contributed by atoms with E-state index in [-0.39, 0.29) is 17.3 Å². The zero-order valence-electron chi connectivity index (χ0n) is 16.1. The number of carbonyl (C=O) groups excluding carboxylic acids is 1. The van der Waals surface area contributed by atoms with Gasteiger partial charge in [0.25, 0.3) is 5.69 Å². The number of ether oxygens (including phenoxy) is 1. The summed E-state index contributed by atoms with van der Waals surface area (Å²) >= 11 is 1.24. The van der Waals surface area contributed by atoms with Crippen LogP contribution in [0.15, 0.2) is 66.3 Å². The number of aromatic nitrogens is 3. The van der Waals surface area contributed by atoms with Crippen molar-refractivity contribution in [2.45, 2.75) is 11.7 Å². The lowest BCUT2D eigenvalue weighted by molar-refractivity contribution is -0.384. The van der Waals surface area contributed by atoms with Crippen LogP contribution in [0.4, 0.5) is 11.4 Å². The topological polar surface area (TPSA) is 112 Å². The largest absolute Gasteiger partial charge is 0.497 e. The number of rotatable bonds is 9. The molecule has 0 bridgehead atoms. The monoisotopic (exact) mass is 425 g/mol. The van der Waals surface area contributed by atoms with E-state index in [4.69, 9.17) is 4.74 Å². The second-order valence-corrected chi connectivity index (χ2v) is 7.02. The van der Waals surface area contributed by atoms with Crippen molar-refractivity contribution < 1.29 is 14.5 Å². The molecule has 3 aromatic rings. The highest BCUT2D eigenvalue weighted by molar-refractivity contribution is 7.99. The fraction of sp³-hybridized carbons (Fsp3) is 0.150. The summed E-state index contributed by atoms with van der Waals surface area (Å²) in [5.41, 5.74) is 1.28. The number of hydrogen-bond acceptors (Lipinski definition) is 7. The molecule has 1 amide bonds. The Kier molecular flexibility index (Phi) is 6.81. The zero-order valence-corrected chi connectivity index (χ0v) is 17.0. The predicted octanol–water partition coefficient (Wildman–Crippen LogP) is 3.78. The highest BCUT2D eigenvalue weighted by Gasteiger charge is 2.16. The van der Waals surface area contributed by atoms with Gasteiger partial charge in [-0.25, -0.2) is 0 Å². The summed E-state index contributed by atoms with van der Waals surface area (Å²) in [6.45, 7) is 4.26. The van der Waals surface area contributed by atoms with E-state index in [1.807, 2.05) is 28.8 Å². The Hall–Kier alpha value is -3.66. The number of nitro benzene ring substituents is 1. The van der Waals surface area contributed by atoms with Crippen LogP contribution >= 0.6 is 11.8 Å². The number of nitro groups is 1. The smallest absolute Gasteiger partial charge is 0.269 e. The van der Waals surface area contributed by atoms with Crippen LogP contribution < -0.4 is 10.1 Å². The van der Waals surface area contributed by atoms with Gasteiger partial charge in [-0.1, -0.05) is 30.0 Å². The number of hydrogen-bond donors (Lipinski definition) is 1. The van der Waals surface area contributed by atoms with Crippen molar-refractivity contribution in [1.29, 1.82) is 0 Å². The SMILES string of the molecule is C=CCn1c(SCC(=O)Nc2ccc([N+](=O)[O-])cc2)nnc1-c1cccc(OC)c1. The number of benzene rings is 2. The van der Waals surface area contributed by atoms with E-state index in [1.165, 1.54) is 36.0 Å². The molecule has 0 radical (unpaired) electrons. The second kappa shape index (κ2) is 9.70. The summed E-state index contributed by atoms with van der Waals surface area (Å²) in [5.74, 6) is 1.19. The van der Waals surface area contributed by atoms with Gasteiger partial charge in [0.15, 0.2) is 11.0 Å². The molecule has 0 saturated heterocycles. The molecule has 0 atom stereocenters. The highest BCUT2D eigenvalue weighted by atomic mass is 32.2. The molecule has 0 fully saturated rings. The van der Waals surface area contributed by atoms with Crippen molar-refractivity contribution in [2.24, 2.45) is 0 Å². The molecule has 30 heavy (non-hydrogen) atoms. The van der Waals surface area contributed by atoms with Crippen molar-refractivity contribution in [3.63, 3.8) is 0 Å². The number of thioether (sulfide) groups is 1. The summed E-state index contributed by atoms with van der Waals surface area (Å²) in [7, 11) is 1.60. The zero-order chi connectivity index (χ0) is 21.5. The quantitative estimate of drug-likeness (QED) is 0.240. The van der Waals surface area contributed by atoms with Gasteiger partial charge in [0.05, 0.1) is 17.8 Å². The van der Waals surface area contributed by atoms with Crippen molar-refractivity contribution in [1.82, 2.24) is 14.8 Å². The third kappa shape index (κ3) is 5.03. The molecule has 0 spiro atoms. The Bertz CT molecular complexity index is 1070. The molecule has 9 nitrogen and oxygen atoms in total. The molecule has 0 aliphatic carbocycles. The standard InChI is InChI=1S/C20H19N5O4S/c1-3-11-24-19(14-5-4-6-17(12-14)29-2)22-23-20(24)30-13-18(26)21-15-7-9-16(10-8-15)25(27)28/h3-10,12H,1,11,13H2,2H3,(H,21,26). The first-order chi connectivity index (χ1) is 14.5. The first-order valence-electron chi connectivity index (χ1n) is 8.87. The van der Waals surface area contributed by atoms with Crippen LogP contribution in [0.3, 0.4) is 0 Å². The van der Waals surface area contributed by atoms with Crippen molar-refractivity contribution >= 4 is 29.0 Å². The number of nitrogens with zero attached hydrogens (tertiary/aromatic N) is 4. The fourth-order valence-corrected chi connectivity index (χ4v) is 3.41. The lowest BCUT2D eigenvalue weighted by Crippen LogP contribution is -2.14. The molecule has 1 heterocycles. The molecule has 1 aromatic heterocycles. The van der Waals surface area contributed by atoms with Gasteiger partial charge >= 0.3 is 0 Å². The molecule has 1 N–H and O–H groups in total. The first kappa shape index (κ1) is 21.1.